The summed E-state index contributed by atoms with van der Waals surface area (Å²) in [4.78, 5) is 0. The molecule has 2 nitrogen and oxygen atoms in total. The van der Waals surface area contributed by atoms with Gasteiger partial charge in [0, 0.05) is 11.3 Å². The van der Waals surface area contributed by atoms with E-state index in [-0.39, 0.29) is 23.9 Å². The van der Waals surface area contributed by atoms with Gasteiger partial charge in [0.15, 0.2) is 0 Å². The van der Waals surface area contributed by atoms with Crippen LogP contribution in [0.5, 0.6) is 0 Å². The maximum absolute atomic E-state index is 8.97. The van der Waals surface area contributed by atoms with Gasteiger partial charge in [-0.3, -0.25) is 0 Å². The molecule has 0 bridgehead atoms. The molecule has 3 unspecified atom stereocenters. The highest BCUT2D eigenvalue weighted by Crippen LogP contribution is 2.10. The molecule has 2 N–H and O–H groups in total. The third kappa shape index (κ3) is 4.01. The van der Waals surface area contributed by atoms with Crippen LogP contribution in [0.2, 0.25) is 0 Å². The van der Waals surface area contributed by atoms with Crippen molar-refractivity contribution in [3.63, 3.8) is 0 Å². The Morgan fingerprint density at radius 1 is 1.58 bits per heavy atom. The number of thioether (sulfide) groups is 1. The molecule has 0 saturated carbocycles. The zero-order chi connectivity index (χ0) is 9.56. The Balaban J connectivity index is 3.85. The molecule has 0 aromatic heterocycles. The van der Waals surface area contributed by atoms with Crippen LogP contribution in [0.15, 0.2) is 0 Å². The van der Waals surface area contributed by atoms with Gasteiger partial charge in [-0.1, -0.05) is 5.92 Å². The summed E-state index contributed by atoms with van der Waals surface area (Å²) in [7, 11) is 0. The molecule has 3 atom stereocenters. The van der Waals surface area contributed by atoms with Crippen molar-refractivity contribution in [2.24, 2.45) is 0 Å². The van der Waals surface area contributed by atoms with E-state index >= 15 is 0 Å². The van der Waals surface area contributed by atoms with E-state index in [2.05, 4.69) is 11.2 Å². The van der Waals surface area contributed by atoms with Crippen molar-refractivity contribution in [2.45, 2.75) is 31.2 Å². The second-order valence-electron chi connectivity index (χ2n) is 2.80. The number of hydrogen-bond donors (Lipinski definition) is 2. The average molecular weight is 187 g/mol. The Kier molecular flexibility index (Phi) is 6.27. The quantitative estimate of drug-likeness (QED) is 0.622. The van der Waals surface area contributed by atoms with Gasteiger partial charge in [-0.2, -0.15) is 11.8 Å². The number of aliphatic hydroxyl groups is 1. The summed E-state index contributed by atoms with van der Waals surface area (Å²) in [6.45, 7) is 4.16. The third-order valence-corrected chi connectivity index (χ3v) is 2.97. The molecule has 0 heterocycles. The van der Waals surface area contributed by atoms with Crippen molar-refractivity contribution < 1.29 is 5.11 Å². The predicted octanol–water partition coefficient (Wildman–Crippen LogP) is 0.710. The lowest BCUT2D eigenvalue weighted by Gasteiger charge is -2.22. The van der Waals surface area contributed by atoms with Crippen molar-refractivity contribution in [1.82, 2.24) is 5.32 Å². The molecule has 0 aliphatic carbocycles. The summed E-state index contributed by atoms with van der Waals surface area (Å²) >= 11 is 1.65. The van der Waals surface area contributed by atoms with E-state index in [1.54, 1.807) is 11.8 Å². The van der Waals surface area contributed by atoms with Gasteiger partial charge in [-0.05, 0) is 20.1 Å². The highest BCUT2D eigenvalue weighted by atomic mass is 32.2. The first kappa shape index (κ1) is 11.8. The number of nitrogens with one attached hydrogen (secondary N) is 1. The lowest BCUT2D eigenvalue weighted by atomic mass is 10.2. The van der Waals surface area contributed by atoms with Gasteiger partial charge in [-0.15, -0.1) is 6.42 Å². The fourth-order valence-corrected chi connectivity index (χ4v) is 1.62. The molecule has 0 fully saturated rings. The summed E-state index contributed by atoms with van der Waals surface area (Å²) in [6, 6.07) is 0.317. The Morgan fingerprint density at radius 2 is 2.17 bits per heavy atom. The van der Waals surface area contributed by atoms with Crippen LogP contribution in [0.1, 0.15) is 13.8 Å². The van der Waals surface area contributed by atoms with Crippen LogP contribution in [0.4, 0.5) is 0 Å². The average Bonchev–Trinajstić information content (AvgIpc) is 2.06. The summed E-state index contributed by atoms with van der Waals surface area (Å²) < 4.78 is 0. The molecule has 0 saturated heterocycles. The molecule has 0 radical (unpaired) electrons. The molecule has 0 aromatic rings. The minimum absolute atomic E-state index is 0.0706. The van der Waals surface area contributed by atoms with Crippen molar-refractivity contribution in [1.29, 1.82) is 0 Å². The smallest absolute Gasteiger partial charge is 0.0660 e. The highest BCUT2D eigenvalue weighted by molar-refractivity contribution is 7.99. The second-order valence-corrected chi connectivity index (χ2v) is 3.88. The van der Waals surface area contributed by atoms with Crippen LogP contribution in [0.3, 0.4) is 0 Å². The molecule has 0 rings (SSSR count). The minimum atomic E-state index is 0.0706. The molecule has 12 heavy (non-hydrogen) atoms. The highest BCUT2D eigenvalue weighted by Gasteiger charge is 2.15. The maximum Gasteiger partial charge on any atom is 0.0660 e. The van der Waals surface area contributed by atoms with Gasteiger partial charge in [0.1, 0.15) is 0 Å². The zero-order valence-corrected chi connectivity index (χ0v) is 8.69. The van der Waals surface area contributed by atoms with Gasteiger partial charge >= 0.3 is 0 Å². The Labute approximate surface area is 79.1 Å². The molecule has 0 aliphatic heterocycles. The first-order valence-corrected chi connectivity index (χ1v) is 5.30. The summed E-state index contributed by atoms with van der Waals surface area (Å²) in [5, 5.41) is 12.4. The van der Waals surface area contributed by atoms with Crippen LogP contribution >= 0.6 is 11.8 Å². The van der Waals surface area contributed by atoms with E-state index in [0.29, 0.717) is 0 Å². The monoisotopic (exact) mass is 187 g/mol. The van der Waals surface area contributed by atoms with Gasteiger partial charge in [-0.25, -0.2) is 0 Å². The van der Waals surface area contributed by atoms with Gasteiger partial charge < -0.3 is 10.4 Å². The van der Waals surface area contributed by atoms with E-state index in [1.807, 2.05) is 20.1 Å². The van der Waals surface area contributed by atoms with Crippen LogP contribution in [-0.4, -0.2) is 35.3 Å². The Hall–Kier alpha value is -0.170. The first-order valence-electron chi connectivity index (χ1n) is 4.01. The Bertz CT molecular complexity index is 151. The summed E-state index contributed by atoms with van der Waals surface area (Å²) in [5.41, 5.74) is 0. The normalized spacial score (nSPS) is 17.9. The standard InChI is InChI=1S/C9H17NOS/c1-5-7(2)10-8(3)9(6-11)12-4/h1,7-11H,6H2,2-4H3. The largest absolute Gasteiger partial charge is 0.395 e. The van der Waals surface area contributed by atoms with Crippen molar-refractivity contribution in [2.75, 3.05) is 12.9 Å². The van der Waals surface area contributed by atoms with Crippen molar-refractivity contribution in [3.8, 4) is 12.3 Å². The lowest BCUT2D eigenvalue weighted by molar-refractivity contribution is 0.274. The van der Waals surface area contributed by atoms with Crippen LogP contribution < -0.4 is 5.32 Å². The number of aliphatic hydroxyl groups excluding tert-OH is 1. The maximum atomic E-state index is 8.97. The van der Waals surface area contributed by atoms with Crippen molar-refractivity contribution >= 4 is 11.8 Å². The van der Waals surface area contributed by atoms with Gasteiger partial charge in [0.25, 0.3) is 0 Å². The molecule has 0 aliphatic rings. The molecular formula is C9H17NOS. The van der Waals surface area contributed by atoms with Gasteiger partial charge in [0.2, 0.25) is 0 Å². The summed E-state index contributed by atoms with van der Waals surface area (Å²) in [5.74, 6) is 2.60. The fourth-order valence-electron chi connectivity index (χ4n) is 0.987. The number of rotatable bonds is 5. The van der Waals surface area contributed by atoms with E-state index < -0.39 is 0 Å². The first-order chi connectivity index (χ1) is 5.65. The number of hydrogen-bond acceptors (Lipinski definition) is 3. The van der Waals surface area contributed by atoms with E-state index in [9.17, 15) is 0 Å². The van der Waals surface area contributed by atoms with E-state index in [1.165, 1.54) is 0 Å². The van der Waals surface area contributed by atoms with E-state index in [0.717, 1.165) is 0 Å². The number of terminal acetylenes is 1. The zero-order valence-electron chi connectivity index (χ0n) is 7.87. The predicted molar refractivity (Wildman–Crippen MR) is 55.3 cm³/mol. The molecule has 3 heteroatoms. The third-order valence-electron chi connectivity index (χ3n) is 1.80. The fraction of sp³-hybridized carbons (Fsp3) is 0.778. The molecule has 0 spiro atoms. The summed E-state index contributed by atoms with van der Waals surface area (Å²) in [6.07, 6.45) is 7.21. The van der Waals surface area contributed by atoms with Crippen LogP contribution in [-0.2, 0) is 0 Å². The topological polar surface area (TPSA) is 32.3 Å². The molecule has 0 aromatic carbocycles. The second kappa shape index (κ2) is 6.36. The molecule has 0 amide bonds. The van der Waals surface area contributed by atoms with Crippen LogP contribution in [0, 0.1) is 12.3 Å². The van der Waals surface area contributed by atoms with Gasteiger partial charge in [0.05, 0.1) is 12.6 Å². The molecular weight excluding hydrogens is 170 g/mol. The van der Waals surface area contributed by atoms with Crippen molar-refractivity contribution in [3.05, 3.63) is 0 Å². The lowest BCUT2D eigenvalue weighted by Crippen LogP contribution is -2.41. The van der Waals surface area contributed by atoms with E-state index in [4.69, 9.17) is 11.5 Å². The Morgan fingerprint density at radius 3 is 2.50 bits per heavy atom. The van der Waals surface area contributed by atoms with Crippen LogP contribution in [0.25, 0.3) is 0 Å². The molecule has 70 valence electrons. The minimum Gasteiger partial charge on any atom is -0.395 e. The SMILES string of the molecule is C#CC(C)NC(C)C(CO)SC.